The van der Waals surface area contributed by atoms with E-state index < -0.39 is 36.0 Å². The van der Waals surface area contributed by atoms with Crippen LogP contribution in [0.4, 0.5) is 0 Å². The van der Waals surface area contributed by atoms with Crippen LogP contribution < -0.4 is 0 Å². The molecular weight excluding hydrogens is 380 g/mol. The van der Waals surface area contributed by atoms with Gasteiger partial charge in [-0.15, -0.1) is 13.2 Å². The molecule has 1 aliphatic carbocycles. The molecule has 0 spiro atoms. The number of hydrogen-bond donors (Lipinski definition) is 0. The summed E-state index contributed by atoms with van der Waals surface area (Å²) in [7, 11) is 1.39. The van der Waals surface area contributed by atoms with Crippen LogP contribution in [-0.2, 0) is 38.2 Å². The highest BCUT2D eigenvalue weighted by Gasteiger charge is 2.57. The van der Waals surface area contributed by atoms with Crippen LogP contribution in [0.15, 0.2) is 37.5 Å². The van der Waals surface area contributed by atoms with Crippen molar-refractivity contribution in [3.05, 3.63) is 37.5 Å². The molecule has 8 unspecified atom stereocenters. The van der Waals surface area contributed by atoms with Crippen molar-refractivity contribution in [1.29, 1.82) is 0 Å². The summed E-state index contributed by atoms with van der Waals surface area (Å²) in [6.45, 7) is 9.55. The summed E-state index contributed by atoms with van der Waals surface area (Å²) in [5, 5.41) is 0. The molecule has 29 heavy (non-hydrogen) atoms. The maximum atomic E-state index is 12.2. The van der Waals surface area contributed by atoms with Crippen LogP contribution in [0.5, 0.6) is 0 Å². The van der Waals surface area contributed by atoms with E-state index in [1.807, 2.05) is 19.1 Å². The largest absolute Gasteiger partial charge is 0.469 e. The lowest BCUT2D eigenvalue weighted by Gasteiger charge is -2.19. The normalized spacial score (nSPS) is 37.9. The number of esters is 3. The Labute approximate surface area is 168 Å². The summed E-state index contributed by atoms with van der Waals surface area (Å²) in [6.07, 6.45) is 6.98. The van der Waals surface area contributed by atoms with Gasteiger partial charge in [0.2, 0.25) is 0 Å². The molecule has 0 amide bonds. The van der Waals surface area contributed by atoms with E-state index >= 15 is 0 Å². The van der Waals surface area contributed by atoms with Crippen molar-refractivity contribution in [2.75, 3.05) is 7.11 Å². The van der Waals surface area contributed by atoms with E-state index in [9.17, 15) is 14.4 Å². The SMILES string of the molecule is C=CC1CC(/C=C\C2OC(C=C)C3C(=O)OC(=O)C23)C(C(=O)OC)C1C.O=C=O. The van der Waals surface area contributed by atoms with Gasteiger partial charge >= 0.3 is 24.1 Å². The zero-order chi connectivity index (χ0) is 21.7. The summed E-state index contributed by atoms with van der Waals surface area (Å²) in [5.74, 6) is -2.66. The Hall–Kier alpha value is -2.83. The Kier molecular flexibility index (Phi) is 7.42. The third kappa shape index (κ3) is 4.28. The monoisotopic (exact) mass is 404 g/mol. The molecule has 0 aromatic rings. The Morgan fingerprint density at radius 1 is 1.07 bits per heavy atom. The van der Waals surface area contributed by atoms with Gasteiger partial charge in [-0.25, -0.2) is 0 Å². The van der Waals surface area contributed by atoms with Crippen molar-refractivity contribution in [3.8, 4) is 0 Å². The Morgan fingerprint density at radius 3 is 2.17 bits per heavy atom. The van der Waals surface area contributed by atoms with Crippen molar-refractivity contribution >= 4 is 24.1 Å². The van der Waals surface area contributed by atoms with Crippen molar-refractivity contribution < 1.29 is 38.2 Å². The lowest BCUT2D eigenvalue weighted by atomic mass is 9.86. The first kappa shape index (κ1) is 22.5. The molecule has 0 bridgehead atoms. The highest BCUT2D eigenvalue weighted by atomic mass is 16.6. The van der Waals surface area contributed by atoms with Gasteiger partial charge in [-0.1, -0.05) is 31.2 Å². The molecule has 0 aromatic heterocycles. The summed E-state index contributed by atoms with van der Waals surface area (Å²) in [4.78, 5) is 52.4. The van der Waals surface area contributed by atoms with Crippen LogP contribution in [0.1, 0.15) is 13.3 Å². The summed E-state index contributed by atoms with van der Waals surface area (Å²) >= 11 is 0. The van der Waals surface area contributed by atoms with Crippen LogP contribution in [0.25, 0.3) is 0 Å². The van der Waals surface area contributed by atoms with Gasteiger partial charge in [-0.2, -0.15) is 9.59 Å². The molecule has 2 saturated heterocycles. The second kappa shape index (κ2) is 9.58. The van der Waals surface area contributed by atoms with Gasteiger partial charge < -0.3 is 14.2 Å². The van der Waals surface area contributed by atoms with Crippen LogP contribution >= 0.6 is 0 Å². The highest BCUT2D eigenvalue weighted by molar-refractivity contribution is 5.98. The number of carbonyl (C=O) groups excluding carboxylic acids is 5. The zero-order valence-electron chi connectivity index (χ0n) is 16.3. The lowest BCUT2D eigenvalue weighted by Crippen LogP contribution is -2.26. The molecule has 3 aliphatic rings. The fraction of sp³-hybridized carbons (Fsp3) is 0.524. The van der Waals surface area contributed by atoms with Gasteiger partial charge in [0, 0.05) is 0 Å². The van der Waals surface area contributed by atoms with Gasteiger partial charge in [-0.05, 0) is 24.2 Å². The van der Waals surface area contributed by atoms with Crippen molar-refractivity contribution in [2.45, 2.75) is 25.6 Å². The summed E-state index contributed by atoms with van der Waals surface area (Å²) < 4.78 is 15.5. The standard InChI is InChI=1S/C20H24O6.CO2/c1-5-11-9-12(15(10(11)3)18(21)24-4)7-8-14-17-16(13(6-2)25-14)19(22)26-20(17)23;2-1-3/h5-8,10-17H,1-2,9H2,3-4H3;/b8-7-;. The summed E-state index contributed by atoms with van der Waals surface area (Å²) in [6, 6.07) is 0. The highest BCUT2D eigenvalue weighted by Crippen LogP contribution is 2.45. The zero-order valence-corrected chi connectivity index (χ0v) is 16.3. The Balaban J connectivity index is 0.000000941. The molecule has 8 heteroatoms. The third-order valence-corrected chi connectivity index (χ3v) is 5.96. The third-order valence-electron chi connectivity index (χ3n) is 5.96. The fourth-order valence-electron chi connectivity index (χ4n) is 4.54. The van der Waals surface area contributed by atoms with E-state index in [4.69, 9.17) is 23.8 Å². The maximum absolute atomic E-state index is 12.2. The molecule has 3 fully saturated rings. The van der Waals surface area contributed by atoms with Crippen LogP contribution in [0, 0.1) is 35.5 Å². The molecular formula is C21H24O8. The smallest absolute Gasteiger partial charge is 0.373 e. The van der Waals surface area contributed by atoms with E-state index in [-0.39, 0.29) is 35.8 Å². The van der Waals surface area contributed by atoms with Crippen molar-refractivity contribution in [3.63, 3.8) is 0 Å². The molecule has 1 saturated carbocycles. The molecule has 8 atom stereocenters. The van der Waals surface area contributed by atoms with Gasteiger partial charge in [0.25, 0.3) is 0 Å². The van der Waals surface area contributed by atoms with Crippen molar-refractivity contribution in [1.82, 2.24) is 0 Å². The second-order valence-electron chi connectivity index (χ2n) is 7.27. The minimum atomic E-state index is -0.660. The quantitative estimate of drug-likeness (QED) is 0.385. The van der Waals surface area contributed by atoms with Gasteiger partial charge in [-0.3, -0.25) is 14.4 Å². The molecule has 3 rings (SSSR count). The predicted octanol–water partition coefficient (Wildman–Crippen LogP) is 1.48. The first-order valence-electron chi connectivity index (χ1n) is 9.26. The van der Waals surface area contributed by atoms with Crippen molar-refractivity contribution in [2.24, 2.45) is 35.5 Å². The average molecular weight is 404 g/mol. The van der Waals surface area contributed by atoms with E-state index in [1.54, 1.807) is 6.08 Å². The average Bonchev–Trinajstić information content (AvgIpc) is 3.32. The number of allylic oxidation sites excluding steroid dienone is 2. The molecule has 0 N–H and O–H groups in total. The van der Waals surface area contributed by atoms with Gasteiger partial charge in [0.05, 0.1) is 25.2 Å². The molecule has 2 aliphatic heterocycles. The minimum absolute atomic E-state index is 0.0431. The molecule has 0 radical (unpaired) electrons. The number of methoxy groups -OCH3 is 1. The molecule has 2 heterocycles. The first-order valence-corrected chi connectivity index (χ1v) is 9.26. The molecule has 156 valence electrons. The second-order valence-corrected chi connectivity index (χ2v) is 7.27. The summed E-state index contributed by atoms with van der Waals surface area (Å²) in [5.41, 5.74) is 0. The van der Waals surface area contributed by atoms with E-state index in [2.05, 4.69) is 13.2 Å². The number of ether oxygens (including phenoxy) is 3. The molecule has 0 aromatic carbocycles. The Morgan fingerprint density at radius 2 is 1.66 bits per heavy atom. The van der Waals surface area contributed by atoms with Crippen LogP contribution in [0.2, 0.25) is 0 Å². The number of fused-ring (bicyclic) bond motifs is 1. The van der Waals surface area contributed by atoms with Crippen LogP contribution in [0.3, 0.4) is 0 Å². The van der Waals surface area contributed by atoms with Gasteiger partial charge in [0.1, 0.15) is 11.8 Å². The minimum Gasteiger partial charge on any atom is -0.469 e. The predicted molar refractivity (Wildman–Crippen MR) is 97.5 cm³/mol. The maximum Gasteiger partial charge on any atom is 0.373 e. The van der Waals surface area contributed by atoms with E-state index in [0.29, 0.717) is 0 Å². The molecule has 8 nitrogen and oxygen atoms in total. The number of carbonyl (C=O) groups is 3. The fourth-order valence-corrected chi connectivity index (χ4v) is 4.54. The number of hydrogen-bond acceptors (Lipinski definition) is 8. The first-order chi connectivity index (χ1) is 13.8. The van der Waals surface area contributed by atoms with Crippen LogP contribution in [-0.4, -0.2) is 43.4 Å². The Bertz CT molecular complexity index is 748. The lowest BCUT2D eigenvalue weighted by molar-refractivity contribution is -0.191. The van der Waals surface area contributed by atoms with Gasteiger partial charge in [0.15, 0.2) is 0 Å². The number of rotatable bonds is 5. The topological polar surface area (TPSA) is 113 Å². The number of cyclic esters (lactones) is 2. The van der Waals surface area contributed by atoms with E-state index in [1.165, 1.54) is 13.2 Å². The van der Waals surface area contributed by atoms with E-state index in [0.717, 1.165) is 6.42 Å².